The quantitative estimate of drug-likeness (QED) is 0.753. The van der Waals surface area contributed by atoms with E-state index in [-0.39, 0.29) is 0 Å². The Hall–Kier alpha value is -2.07. The molecule has 2 heterocycles. The van der Waals surface area contributed by atoms with Gasteiger partial charge in [-0.3, -0.25) is 5.10 Å². The number of nitrogens with one attached hydrogen (secondary N) is 1. The molecule has 0 unspecified atom stereocenters. The maximum atomic E-state index is 6.12. The molecule has 5 heteroatoms. The molecule has 0 atom stereocenters. The van der Waals surface area contributed by atoms with E-state index >= 15 is 0 Å². The van der Waals surface area contributed by atoms with E-state index in [0.29, 0.717) is 5.02 Å². The van der Waals surface area contributed by atoms with Crippen molar-refractivity contribution in [3.05, 3.63) is 53.8 Å². The Bertz CT molecular complexity index is 628. The van der Waals surface area contributed by atoms with Crippen LogP contribution in [0.15, 0.2) is 48.8 Å². The van der Waals surface area contributed by atoms with Crippen LogP contribution < -0.4 is 0 Å². The summed E-state index contributed by atoms with van der Waals surface area (Å²) in [4.78, 5) is 0. The van der Waals surface area contributed by atoms with E-state index in [1.807, 2.05) is 42.6 Å². The molecule has 4 nitrogen and oxygen atoms in total. The second-order valence-corrected chi connectivity index (χ2v) is 3.97. The lowest BCUT2D eigenvalue weighted by molar-refractivity contribution is 0.839. The Labute approximate surface area is 103 Å². The largest absolute Gasteiger partial charge is 0.284 e. The van der Waals surface area contributed by atoms with E-state index in [1.165, 1.54) is 0 Å². The van der Waals surface area contributed by atoms with Gasteiger partial charge in [-0.15, -0.1) is 0 Å². The Morgan fingerprint density at radius 3 is 2.76 bits per heavy atom. The second kappa shape index (κ2) is 4.07. The summed E-state index contributed by atoms with van der Waals surface area (Å²) in [6, 6.07) is 11.4. The van der Waals surface area contributed by atoms with Crippen molar-refractivity contribution in [3.63, 3.8) is 0 Å². The molecule has 3 rings (SSSR count). The Kier molecular flexibility index (Phi) is 2.42. The van der Waals surface area contributed by atoms with Crippen molar-refractivity contribution < 1.29 is 0 Å². The molecule has 0 fully saturated rings. The molecule has 0 saturated heterocycles. The fourth-order valence-electron chi connectivity index (χ4n) is 1.64. The maximum Gasteiger partial charge on any atom is 0.174 e. The van der Waals surface area contributed by atoms with Crippen LogP contribution in [0.4, 0.5) is 0 Å². The van der Waals surface area contributed by atoms with Crippen molar-refractivity contribution in [2.75, 3.05) is 0 Å². The van der Waals surface area contributed by atoms with E-state index in [9.17, 15) is 0 Å². The number of halogens is 1. The summed E-state index contributed by atoms with van der Waals surface area (Å²) in [6.45, 7) is 0. The first-order chi connectivity index (χ1) is 8.34. The van der Waals surface area contributed by atoms with Crippen LogP contribution in [-0.2, 0) is 0 Å². The lowest BCUT2D eigenvalue weighted by atomic mass is 10.2. The molecule has 0 aliphatic heterocycles. The topological polar surface area (TPSA) is 46.5 Å². The van der Waals surface area contributed by atoms with Gasteiger partial charge >= 0.3 is 0 Å². The van der Waals surface area contributed by atoms with Crippen molar-refractivity contribution in [1.82, 2.24) is 20.0 Å². The highest BCUT2D eigenvalue weighted by Gasteiger charge is 2.07. The molecule has 0 radical (unpaired) electrons. The Morgan fingerprint density at radius 2 is 2.00 bits per heavy atom. The van der Waals surface area contributed by atoms with E-state index in [2.05, 4.69) is 15.3 Å². The number of aromatic amines is 1. The summed E-state index contributed by atoms with van der Waals surface area (Å²) in [5.41, 5.74) is 1.75. The molecule has 84 valence electrons. The molecule has 0 aliphatic rings. The van der Waals surface area contributed by atoms with E-state index in [1.54, 1.807) is 10.9 Å². The second-order valence-electron chi connectivity index (χ2n) is 3.56. The number of hydrogen-bond acceptors (Lipinski definition) is 2. The standard InChI is InChI=1S/C12H9ClN4/c13-10-4-2-1-3-9(10)11-6-8-17(16-11)12-5-7-14-15-12/h1-8H,(H,14,15). The zero-order chi connectivity index (χ0) is 11.7. The smallest absolute Gasteiger partial charge is 0.174 e. The number of nitrogens with zero attached hydrogens (tertiary/aromatic N) is 3. The summed E-state index contributed by atoms with van der Waals surface area (Å²) in [5, 5.41) is 11.9. The predicted molar refractivity (Wildman–Crippen MR) is 66.2 cm³/mol. The van der Waals surface area contributed by atoms with Gasteiger partial charge in [0, 0.05) is 24.0 Å². The van der Waals surface area contributed by atoms with Crippen molar-refractivity contribution in [3.8, 4) is 17.1 Å². The van der Waals surface area contributed by atoms with E-state index in [0.717, 1.165) is 17.1 Å². The zero-order valence-electron chi connectivity index (χ0n) is 8.84. The van der Waals surface area contributed by atoms with Crippen LogP contribution in [0.5, 0.6) is 0 Å². The average Bonchev–Trinajstić information content (AvgIpc) is 3.00. The molecule has 0 amide bonds. The first kappa shape index (κ1) is 10.1. The van der Waals surface area contributed by atoms with Gasteiger partial charge in [0.1, 0.15) is 0 Å². The monoisotopic (exact) mass is 244 g/mol. The van der Waals surface area contributed by atoms with Crippen molar-refractivity contribution in [2.24, 2.45) is 0 Å². The van der Waals surface area contributed by atoms with Gasteiger partial charge in [-0.2, -0.15) is 10.2 Å². The Balaban J connectivity index is 2.04. The van der Waals surface area contributed by atoms with Crippen LogP contribution in [0.1, 0.15) is 0 Å². The van der Waals surface area contributed by atoms with E-state index in [4.69, 9.17) is 11.6 Å². The summed E-state index contributed by atoms with van der Waals surface area (Å²) in [6.07, 6.45) is 3.61. The average molecular weight is 245 g/mol. The molecule has 17 heavy (non-hydrogen) atoms. The van der Waals surface area contributed by atoms with Gasteiger partial charge in [0.2, 0.25) is 0 Å². The first-order valence-electron chi connectivity index (χ1n) is 5.15. The van der Waals surface area contributed by atoms with Gasteiger partial charge in [0.15, 0.2) is 5.82 Å². The first-order valence-corrected chi connectivity index (χ1v) is 5.53. The van der Waals surface area contributed by atoms with Gasteiger partial charge in [-0.05, 0) is 12.1 Å². The van der Waals surface area contributed by atoms with Gasteiger partial charge in [-0.25, -0.2) is 4.68 Å². The number of benzene rings is 1. The van der Waals surface area contributed by atoms with Gasteiger partial charge in [0.25, 0.3) is 0 Å². The molecular weight excluding hydrogens is 236 g/mol. The van der Waals surface area contributed by atoms with Gasteiger partial charge < -0.3 is 0 Å². The molecule has 1 N–H and O–H groups in total. The molecule has 0 saturated carbocycles. The van der Waals surface area contributed by atoms with Crippen molar-refractivity contribution >= 4 is 11.6 Å². The minimum atomic E-state index is 0.694. The molecule has 0 spiro atoms. The predicted octanol–water partition coefficient (Wildman–Crippen LogP) is 2.92. The molecule has 1 aromatic carbocycles. The van der Waals surface area contributed by atoms with Crippen LogP contribution in [0.25, 0.3) is 17.1 Å². The van der Waals surface area contributed by atoms with Gasteiger partial charge in [-0.1, -0.05) is 29.8 Å². The van der Waals surface area contributed by atoms with Crippen molar-refractivity contribution in [2.45, 2.75) is 0 Å². The number of aromatic nitrogens is 4. The fourth-order valence-corrected chi connectivity index (χ4v) is 1.88. The van der Waals surface area contributed by atoms with Gasteiger partial charge in [0.05, 0.1) is 10.7 Å². The molecule has 2 aromatic heterocycles. The maximum absolute atomic E-state index is 6.12. The zero-order valence-corrected chi connectivity index (χ0v) is 9.59. The summed E-state index contributed by atoms with van der Waals surface area (Å²) >= 11 is 6.12. The van der Waals surface area contributed by atoms with Crippen LogP contribution >= 0.6 is 11.6 Å². The van der Waals surface area contributed by atoms with Crippen LogP contribution in [0.3, 0.4) is 0 Å². The molecule has 0 aliphatic carbocycles. The third-order valence-corrected chi connectivity index (χ3v) is 2.79. The summed E-state index contributed by atoms with van der Waals surface area (Å²) in [5.74, 6) is 0.753. The Morgan fingerprint density at radius 1 is 1.12 bits per heavy atom. The fraction of sp³-hybridized carbons (Fsp3) is 0. The number of rotatable bonds is 2. The molecule has 3 aromatic rings. The summed E-state index contributed by atoms with van der Waals surface area (Å²) in [7, 11) is 0. The lowest BCUT2D eigenvalue weighted by Gasteiger charge is -1.99. The molecular formula is C12H9ClN4. The highest BCUT2D eigenvalue weighted by molar-refractivity contribution is 6.33. The third kappa shape index (κ3) is 1.83. The van der Waals surface area contributed by atoms with Crippen LogP contribution in [-0.4, -0.2) is 20.0 Å². The number of H-pyrrole nitrogens is 1. The number of hydrogen-bond donors (Lipinski definition) is 1. The minimum absolute atomic E-state index is 0.694. The highest BCUT2D eigenvalue weighted by Crippen LogP contribution is 2.26. The van der Waals surface area contributed by atoms with Crippen LogP contribution in [0, 0.1) is 0 Å². The SMILES string of the molecule is Clc1ccccc1-c1ccn(-c2cc[nH]n2)n1. The summed E-state index contributed by atoms with van der Waals surface area (Å²) < 4.78 is 1.70. The highest BCUT2D eigenvalue weighted by atomic mass is 35.5. The van der Waals surface area contributed by atoms with Crippen LogP contribution in [0.2, 0.25) is 5.02 Å². The van der Waals surface area contributed by atoms with E-state index < -0.39 is 0 Å². The lowest BCUT2D eigenvalue weighted by Crippen LogP contribution is -1.95. The minimum Gasteiger partial charge on any atom is -0.284 e. The molecule has 0 bridgehead atoms. The normalized spacial score (nSPS) is 10.6. The third-order valence-electron chi connectivity index (χ3n) is 2.46. The van der Waals surface area contributed by atoms with Crippen molar-refractivity contribution in [1.29, 1.82) is 0 Å².